The standard InChI is InChI=1S/C11H20INO/c1-9(2)13-7-11(8-13)5-3-10(14-12)4-6-11/h9-10H,3-8H2,1-2H3. The number of hydrogen-bond donors (Lipinski definition) is 0. The second-order valence-electron chi connectivity index (χ2n) is 5.29. The van der Waals surface area contributed by atoms with Gasteiger partial charge in [0.1, 0.15) is 23.0 Å². The highest BCUT2D eigenvalue weighted by Gasteiger charge is 2.45. The van der Waals surface area contributed by atoms with Gasteiger partial charge in [0.25, 0.3) is 0 Å². The zero-order chi connectivity index (χ0) is 10.2. The van der Waals surface area contributed by atoms with Gasteiger partial charge in [-0.1, -0.05) is 0 Å². The van der Waals surface area contributed by atoms with Crippen LogP contribution < -0.4 is 0 Å². The SMILES string of the molecule is CC(C)N1CC2(CCC(OI)CC2)C1. The van der Waals surface area contributed by atoms with Crippen LogP contribution in [0, 0.1) is 5.41 Å². The molecule has 0 bridgehead atoms. The Kier molecular flexibility index (Phi) is 3.39. The number of rotatable bonds is 2. The van der Waals surface area contributed by atoms with Crippen LogP contribution in [-0.2, 0) is 3.07 Å². The van der Waals surface area contributed by atoms with E-state index in [0.717, 1.165) is 6.04 Å². The van der Waals surface area contributed by atoms with Crippen LogP contribution in [0.2, 0.25) is 0 Å². The van der Waals surface area contributed by atoms with E-state index in [0.29, 0.717) is 11.5 Å². The monoisotopic (exact) mass is 309 g/mol. The minimum atomic E-state index is 0.536. The maximum absolute atomic E-state index is 5.38. The Hall–Kier alpha value is 0.650. The Morgan fingerprint density at radius 2 is 1.86 bits per heavy atom. The molecule has 2 fully saturated rings. The van der Waals surface area contributed by atoms with Crippen molar-refractivity contribution in [1.82, 2.24) is 4.90 Å². The summed E-state index contributed by atoms with van der Waals surface area (Å²) in [6.07, 6.45) is 5.84. The van der Waals surface area contributed by atoms with Crippen LogP contribution >= 0.6 is 23.0 Å². The molecule has 1 saturated heterocycles. The lowest BCUT2D eigenvalue weighted by atomic mass is 9.67. The highest BCUT2D eigenvalue weighted by atomic mass is 127. The number of halogens is 1. The van der Waals surface area contributed by atoms with E-state index in [-0.39, 0.29) is 0 Å². The Balaban J connectivity index is 1.80. The number of likely N-dealkylation sites (tertiary alicyclic amines) is 1. The van der Waals surface area contributed by atoms with Gasteiger partial charge in [-0.3, -0.25) is 4.90 Å². The maximum Gasteiger partial charge on any atom is 0.110 e. The van der Waals surface area contributed by atoms with Gasteiger partial charge < -0.3 is 3.07 Å². The molecule has 0 aromatic heterocycles. The molecule has 1 heterocycles. The molecule has 0 N–H and O–H groups in total. The van der Waals surface area contributed by atoms with Crippen molar-refractivity contribution in [2.75, 3.05) is 13.1 Å². The first-order valence-electron chi connectivity index (χ1n) is 5.67. The Labute approximate surface area is 101 Å². The summed E-state index contributed by atoms with van der Waals surface area (Å²) in [6.45, 7) is 7.26. The molecule has 2 nitrogen and oxygen atoms in total. The van der Waals surface area contributed by atoms with Crippen molar-refractivity contribution in [1.29, 1.82) is 0 Å². The third-order valence-electron chi connectivity index (χ3n) is 3.93. The predicted octanol–water partition coefficient (Wildman–Crippen LogP) is 3.01. The highest BCUT2D eigenvalue weighted by Crippen LogP contribution is 2.45. The fourth-order valence-electron chi connectivity index (χ4n) is 2.79. The lowest BCUT2D eigenvalue weighted by molar-refractivity contribution is -0.0603. The smallest absolute Gasteiger partial charge is 0.110 e. The first-order valence-corrected chi connectivity index (χ1v) is 6.55. The molecule has 1 spiro atoms. The van der Waals surface area contributed by atoms with E-state index in [1.54, 1.807) is 0 Å². The minimum Gasteiger partial charge on any atom is -0.312 e. The maximum atomic E-state index is 5.38. The summed E-state index contributed by atoms with van der Waals surface area (Å²) in [5.74, 6) is 0. The summed E-state index contributed by atoms with van der Waals surface area (Å²) in [5, 5.41) is 0. The minimum absolute atomic E-state index is 0.536. The van der Waals surface area contributed by atoms with E-state index in [4.69, 9.17) is 3.07 Å². The van der Waals surface area contributed by atoms with Gasteiger partial charge in [0.15, 0.2) is 0 Å². The molecule has 0 unspecified atom stereocenters. The van der Waals surface area contributed by atoms with E-state index < -0.39 is 0 Å². The van der Waals surface area contributed by atoms with Crippen molar-refractivity contribution in [2.24, 2.45) is 5.41 Å². The quantitative estimate of drug-likeness (QED) is 0.727. The van der Waals surface area contributed by atoms with Gasteiger partial charge in [0.2, 0.25) is 0 Å². The van der Waals surface area contributed by atoms with Crippen molar-refractivity contribution in [2.45, 2.75) is 51.7 Å². The summed E-state index contributed by atoms with van der Waals surface area (Å²) in [4.78, 5) is 2.59. The van der Waals surface area contributed by atoms with Crippen LogP contribution in [0.25, 0.3) is 0 Å². The first-order chi connectivity index (χ1) is 6.65. The van der Waals surface area contributed by atoms with Gasteiger partial charge in [0.05, 0.1) is 6.10 Å². The van der Waals surface area contributed by atoms with Crippen LogP contribution in [0.4, 0.5) is 0 Å². The largest absolute Gasteiger partial charge is 0.312 e. The molecule has 2 rings (SSSR count). The highest BCUT2D eigenvalue weighted by molar-refractivity contribution is 14.1. The van der Waals surface area contributed by atoms with E-state index in [9.17, 15) is 0 Å². The van der Waals surface area contributed by atoms with Gasteiger partial charge in [-0.15, -0.1) is 0 Å². The van der Waals surface area contributed by atoms with Crippen molar-refractivity contribution < 1.29 is 3.07 Å². The molecule has 0 aromatic rings. The second-order valence-corrected chi connectivity index (χ2v) is 5.80. The molecule has 0 radical (unpaired) electrons. The van der Waals surface area contributed by atoms with E-state index in [1.165, 1.54) is 38.8 Å². The molecule has 3 heteroatoms. The van der Waals surface area contributed by atoms with Crippen LogP contribution in [0.3, 0.4) is 0 Å². The van der Waals surface area contributed by atoms with Crippen molar-refractivity contribution >= 4 is 23.0 Å². The van der Waals surface area contributed by atoms with Crippen molar-refractivity contribution in [3.63, 3.8) is 0 Å². The van der Waals surface area contributed by atoms with Crippen LogP contribution in [0.5, 0.6) is 0 Å². The van der Waals surface area contributed by atoms with Gasteiger partial charge in [-0.25, -0.2) is 0 Å². The van der Waals surface area contributed by atoms with Crippen molar-refractivity contribution in [3.8, 4) is 0 Å². The number of hydrogen-bond acceptors (Lipinski definition) is 2. The normalized spacial score (nSPS) is 28.3. The van der Waals surface area contributed by atoms with Crippen LogP contribution in [-0.4, -0.2) is 30.1 Å². The Morgan fingerprint density at radius 1 is 1.29 bits per heavy atom. The molecular formula is C11H20INO. The molecule has 0 amide bonds. The Morgan fingerprint density at radius 3 is 2.29 bits per heavy atom. The molecule has 0 aromatic carbocycles. The topological polar surface area (TPSA) is 12.5 Å². The van der Waals surface area contributed by atoms with Crippen molar-refractivity contribution in [3.05, 3.63) is 0 Å². The predicted molar refractivity (Wildman–Crippen MR) is 66.5 cm³/mol. The zero-order valence-corrected chi connectivity index (χ0v) is 11.3. The average Bonchev–Trinajstić information content (AvgIpc) is 2.14. The summed E-state index contributed by atoms with van der Waals surface area (Å²) >= 11 is 2.05. The van der Waals surface area contributed by atoms with Gasteiger partial charge in [0, 0.05) is 19.1 Å². The van der Waals surface area contributed by atoms with Crippen LogP contribution in [0.15, 0.2) is 0 Å². The zero-order valence-electron chi connectivity index (χ0n) is 9.13. The lowest BCUT2D eigenvalue weighted by Gasteiger charge is -2.55. The molecule has 1 saturated carbocycles. The van der Waals surface area contributed by atoms with Gasteiger partial charge in [-0.2, -0.15) is 0 Å². The summed E-state index contributed by atoms with van der Waals surface area (Å²) in [6, 6.07) is 0.735. The second kappa shape index (κ2) is 4.26. The summed E-state index contributed by atoms with van der Waals surface area (Å²) < 4.78 is 5.38. The molecule has 1 aliphatic carbocycles. The molecule has 1 aliphatic heterocycles. The van der Waals surface area contributed by atoms with Gasteiger partial charge in [-0.05, 0) is 44.9 Å². The molecule has 2 aliphatic rings. The average molecular weight is 309 g/mol. The summed E-state index contributed by atoms with van der Waals surface area (Å²) in [5.41, 5.74) is 0.677. The van der Waals surface area contributed by atoms with E-state index in [2.05, 4.69) is 41.8 Å². The molecular weight excluding hydrogens is 289 g/mol. The molecule has 0 atom stereocenters. The molecule has 14 heavy (non-hydrogen) atoms. The fraction of sp³-hybridized carbons (Fsp3) is 1.00. The first kappa shape index (κ1) is 11.1. The third-order valence-corrected chi connectivity index (χ3v) is 4.65. The fourth-order valence-corrected chi connectivity index (χ4v) is 3.30. The van der Waals surface area contributed by atoms with E-state index >= 15 is 0 Å². The lowest BCUT2D eigenvalue weighted by Crippen LogP contribution is -2.59. The molecule has 82 valence electrons. The van der Waals surface area contributed by atoms with Gasteiger partial charge >= 0.3 is 0 Å². The van der Waals surface area contributed by atoms with E-state index in [1.807, 2.05) is 0 Å². The Bertz CT molecular complexity index is 191. The summed E-state index contributed by atoms with van der Waals surface area (Å²) in [7, 11) is 0. The number of nitrogens with zero attached hydrogens (tertiary/aromatic N) is 1. The van der Waals surface area contributed by atoms with Crippen LogP contribution in [0.1, 0.15) is 39.5 Å². The third kappa shape index (κ3) is 2.09.